The van der Waals surface area contributed by atoms with E-state index in [4.69, 9.17) is 5.11 Å². The van der Waals surface area contributed by atoms with E-state index in [-0.39, 0.29) is 5.92 Å². The molecule has 0 atom stereocenters. The Kier molecular flexibility index (Phi) is 4.92. The van der Waals surface area contributed by atoms with Crippen LogP contribution in [-0.4, -0.2) is 27.5 Å². The second-order valence-corrected chi connectivity index (χ2v) is 6.93. The Morgan fingerprint density at radius 3 is 2.58 bits per heavy atom. The smallest absolute Gasteiger partial charge is 0.306 e. The maximum absolute atomic E-state index is 10.9. The van der Waals surface area contributed by atoms with Crippen molar-refractivity contribution in [2.75, 3.05) is 5.75 Å². The summed E-state index contributed by atoms with van der Waals surface area (Å²) in [5, 5.41) is 19.5. The van der Waals surface area contributed by atoms with E-state index in [9.17, 15) is 9.90 Å². The highest BCUT2D eigenvalue weighted by Gasteiger charge is 2.35. The van der Waals surface area contributed by atoms with Gasteiger partial charge in [-0.3, -0.25) is 4.79 Å². The maximum Gasteiger partial charge on any atom is 0.306 e. The number of carboxylic acid groups (broad SMARTS) is 1. The molecule has 19 heavy (non-hydrogen) atoms. The molecule has 104 valence electrons. The molecule has 0 bridgehead atoms. The van der Waals surface area contributed by atoms with Crippen LogP contribution in [0.2, 0.25) is 0 Å². The van der Waals surface area contributed by atoms with Crippen molar-refractivity contribution in [3.05, 3.63) is 28.7 Å². The highest BCUT2D eigenvalue weighted by Crippen LogP contribution is 2.37. The molecule has 0 aromatic heterocycles. The Morgan fingerprint density at radius 2 is 2.00 bits per heavy atom. The molecule has 1 aromatic carbocycles. The number of halogens is 1. The highest BCUT2D eigenvalue weighted by atomic mass is 79.9. The Morgan fingerprint density at radius 1 is 1.37 bits per heavy atom. The summed E-state index contributed by atoms with van der Waals surface area (Å²) in [6.45, 7) is 0. The molecule has 5 heteroatoms. The Balaban J connectivity index is 1.90. The van der Waals surface area contributed by atoms with Gasteiger partial charge in [-0.2, -0.15) is 0 Å². The summed E-state index contributed by atoms with van der Waals surface area (Å²) in [6, 6.07) is 7.92. The zero-order valence-corrected chi connectivity index (χ0v) is 12.9. The molecule has 0 saturated heterocycles. The van der Waals surface area contributed by atoms with Crippen LogP contribution in [0.3, 0.4) is 0 Å². The minimum atomic E-state index is -0.736. The number of benzene rings is 1. The lowest BCUT2D eigenvalue weighted by Crippen LogP contribution is -2.38. The molecule has 1 aromatic rings. The van der Waals surface area contributed by atoms with Gasteiger partial charge in [0.05, 0.1) is 11.5 Å². The largest absolute Gasteiger partial charge is 0.481 e. The molecule has 1 aliphatic carbocycles. The molecule has 0 spiro atoms. The Labute approximate surface area is 125 Å². The SMILES string of the molecule is O=C(O)C1CCC(O)(CSc2ccccc2Br)CC1. The zero-order chi connectivity index (χ0) is 13.9. The third kappa shape index (κ3) is 3.97. The van der Waals surface area contributed by atoms with E-state index < -0.39 is 11.6 Å². The first kappa shape index (κ1) is 14.9. The average Bonchev–Trinajstić information content (AvgIpc) is 2.38. The number of carbonyl (C=O) groups is 1. The molecule has 1 saturated carbocycles. The van der Waals surface area contributed by atoms with Gasteiger partial charge in [0, 0.05) is 15.1 Å². The number of rotatable bonds is 4. The summed E-state index contributed by atoms with van der Waals surface area (Å²) < 4.78 is 1.03. The van der Waals surface area contributed by atoms with Gasteiger partial charge in [0.1, 0.15) is 0 Å². The lowest BCUT2D eigenvalue weighted by Gasteiger charge is -2.34. The van der Waals surface area contributed by atoms with Crippen LogP contribution in [0.25, 0.3) is 0 Å². The first-order valence-electron chi connectivity index (χ1n) is 6.33. The zero-order valence-electron chi connectivity index (χ0n) is 10.5. The van der Waals surface area contributed by atoms with Crippen LogP contribution in [0.4, 0.5) is 0 Å². The topological polar surface area (TPSA) is 57.5 Å². The summed E-state index contributed by atoms with van der Waals surface area (Å²) in [5.74, 6) is -0.406. The van der Waals surface area contributed by atoms with E-state index in [0.717, 1.165) is 9.37 Å². The van der Waals surface area contributed by atoms with E-state index in [1.165, 1.54) is 0 Å². The molecule has 0 heterocycles. The molecule has 0 unspecified atom stereocenters. The first-order valence-corrected chi connectivity index (χ1v) is 8.10. The molecule has 0 aliphatic heterocycles. The molecule has 0 radical (unpaired) electrons. The van der Waals surface area contributed by atoms with Crippen LogP contribution in [0, 0.1) is 5.92 Å². The van der Waals surface area contributed by atoms with E-state index >= 15 is 0 Å². The second kappa shape index (κ2) is 6.29. The van der Waals surface area contributed by atoms with Gasteiger partial charge in [0.15, 0.2) is 0 Å². The molecule has 1 fully saturated rings. The van der Waals surface area contributed by atoms with Gasteiger partial charge in [-0.1, -0.05) is 12.1 Å². The van der Waals surface area contributed by atoms with Gasteiger partial charge in [0.2, 0.25) is 0 Å². The van der Waals surface area contributed by atoms with Gasteiger partial charge in [-0.15, -0.1) is 11.8 Å². The number of hydrogen-bond donors (Lipinski definition) is 2. The van der Waals surface area contributed by atoms with Crippen molar-refractivity contribution < 1.29 is 15.0 Å². The lowest BCUT2D eigenvalue weighted by atomic mass is 9.80. The minimum absolute atomic E-state index is 0.284. The van der Waals surface area contributed by atoms with Crippen LogP contribution in [-0.2, 0) is 4.79 Å². The fourth-order valence-electron chi connectivity index (χ4n) is 2.32. The number of carboxylic acids is 1. The van der Waals surface area contributed by atoms with Crippen LogP contribution in [0.1, 0.15) is 25.7 Å². The quantitative estimate of drug-likeness (QED) is 0.820. The highest BCUT2D eigenvalue weighted by molar-refractivity contribution is 9.10. The first-order chi connectivity index (χ1) is 9.00. The molecular formula is C14H17BrO3S. The Hall–Kier alpha value is -0.520. The molecule has 2 rings (SSSR count). The van der Waals surface area contributed by atoms with Crippen LogP contribution >= 0.6 is 27.7 Å². The van der Waals surface area contributed by atoms with Crippen molar-refractivity contribution in [1.82, 2.24) is 0 Å². The van der Waals surface area contributed by atoms with Gasteiger partial charge in [-0.25, -0.2) is 0 Å². The summed E-state index contributed by atoms with van der Waals surface area (Å²) in [6.07, 6.45) is 2.29. The standard InChI is InChI=1S/C14H17BrO3S/c15-11-3-1-2-4-12(11)19-9-14(18)7-5-10(6-8-14)13(16)17/h1-4,10,18H,5-9H2,(H,16,17). The van der Waals surface area contributed by atoms with Crippen molar-refractivity contribution in [1.29, 1.82) is 0 Å². The molecule has 3 nitrogen and oxygen atoms in total. The van der Waals surface area contributed by atoms with Crippen molar-refractivity contribution in [3.63, 3.8) is 0 Å². The van der Waals surface area contributed by atoms with Gasteiger partial charge in [-0.05, 0) is 53.7 Å². The van der Waals surface area contributed by atoms with Crippen LogP contribution in [0.5, 0.6) is 0 Å². The number of thioether (sulfide) groups is 1. The summed E-state index contributed by atoms with van der Waals surface area (Å²) >= 11 is 5.11. The van der Waals surface area contributed by atoms with E-state index in [0.29, 0.717) is 31.4 Å². The fraction of sp³-hybridized carbons (Fsp3) is 0.500. The third-order valence-corrected chi connectivity index (χ3v) is 5.90. The number of aliphatic carboxylic acids is 1. The summed E-state index contributed by atoms with van der Waals surface area (Å²) in [5.41, 5.74) is -0.730. The predicted molar refractivity (Wildman–Crippen MR) is 79.4 cm³/mol. The van der Waals surface area contributed by atoms with E-state index in [2.05, 4.69) is 15.9 Å². The fourth-order valence-corrected chi connectivity index (χ4v) is 4.04. The van der Waals surface area contributed by atoms with Crippen molar-refractivity contribution in [2.24, 2.45) is 5.92 Å². The van der Waals surface area contributed by atoms with Gasteiger partial charge >= 0.3 is 5.97 Å². The van der Waals surface area contributed by atoms with Crippen molar-refractivity contribution in [3.8, 4) is 0 Å². The summed E-state index contributed by atoms with van der Waals surface area (Å²) in [7, 11) is 0. The van der Waals surface area contributed by atoms with Gasteiger partial charge in [0.25, 0.3) is 0 Å². The minimum Gasteiger partial charge on any atom is -0.481 e. The summed E-state index contributed by atoms with van der Waals surface area (Å²) in [4.78, 5) is 12.0. The predicted octanol–water partition coefficient (Wildman–Crippen LogP) is 3.55. The maximum atomic E-state index is 10.9. The number of hydrogen-bond acceptors (Lipinski definition) is 3. The van der Waals surface area contributed by atoms with E-state index in [1.54, 1.807) is 11.8 Å². The molecule has 2 N–H and O–H groups in total. The lowest BCUT2D eigenvalue weighted by molar-refractivity contribution is -0.144. The average molecular weight is 345 g/mol. The number of aliphatic hydroxyl groups is 1. The van der Waals surface area contributed by atoms with Crippen molar-refractivity contribution in [2.45, 2.75) is 36.2 Å². The van der Waals surface area contributed by atoms with E-state index in [1.807, 2.05) is 24.3 Å². The van der Waals surface area contributed by atoms with Crippen LogP contribution < -0.4 is 0 Å². The van der Waals surface area contributed by atoms with Crippen molar-refractivity contribution >= 4 is 33.7 Å². The third-order valence-electron chi connectivity index (χ3n) is 3.60. The van der Waals surface area contributed by atoms with Gasteiger partial charge < -0.3 is 10.2 Å². The monoisotopic (exact) mass is 344 g/mol. The second-order valence-electron chi connectivity index (χ2n) is 5.06. The molecular weight excluding hydrogens is 328 g/mol. The molecule has 0 amide bonds. The molecule has 1 aliphatic rings. The van der Waals surface area contributed by atoms with Crippen LogP contribution in [0.15, 0.2) is 33.6 Å². The normalized spacial score (nSPS) is 27.2. The Bertz CT molecular complexity index is 456.